The SMILES string of the molecule is CCCN1[C@H](C)CN(C(=O)OCC)C[C@@H]1C. The summed E-state index contributed by atoms with van der Waals surface area (Å²) in [5.74, 6) is 0. The van der Waals surface area contributed by atoms with Crippen molar-refractivity contribution in [3.63, 3.8) is 0 Å². The molecule has 0 saturated carbocycles. The molecule has 0 unspecified atom stereocenters. The minimum Gasteiger partial charge on any atom is -0.450 e. The van der Waals surface area contributed by atoms with Crippen LogP contribution < -0.4 is 0 Å². The van der Waals surface area contributed by atoms with E-state index in [0.717, 1.165) is 26.1 Å². The Kier molecular flexibility index (Phi) is 5.06. The molecule has 1 saturated heterocycles. The number of amides is 1. The van der Waals surface area contributed by atoms with E-state index < -0.39 is 0 Å². The summed E-state index contributed by atoms with van der Waals surface area (Å²) in [5, 5.41) is 0. The maximum absolute atomic E-state index is 11.6. The van der Waals surface area contributed by atoms with Gasteiger partial charge < -0.3 is 9.64 Å². The van der Waals surface area contributed by atoms with E-state index in [1.165, 1.54) is 0 Å². The van der Waals surface area contributed by atoms with Crippen LogP contribution in [0.2, 0.25) is 0 Å². The summed E-state index contributed by atoms with van der Waals surface area (Å²) in [6.45, 7) is 11.5. The van der Waals surface area contributed by atoms with Gasteiger partial charge in [-0.05, 0) is 33.7 Å². The fourth-order valence-electron chi connectivity index (χ4n) is 2.42. The topological polar surface area (TPSA) is 32.8 Å². The van der Waals surface area contributed by atoms with Crippen LogP contribution in [0.1, 0.15) is 34.1 Å². The highest BCUT2D eigenvalue weighted by atomic mass is 16.6. The lowest BCUT2D eigenvalue weighted by Gasteiger charge is -2.43. The highest BCUT2D eigenvalue weighted by Gasteiger charge is 2.31. The molecule has 0 spiro atoms. The summed E-state index contributed by atoms with van der Waals surface area (Å²) >= 11 is 0. The second-order valence-electron chi connectivity index (χ2n) is 4.54. The zero-order chi connectivity index (χ0) is 12.1. The van der Waals surface area contributed by atoms with Crippen molar-refractivity contribution < 1.29 is 9.53 Å². The van der Waals surface area contributed by atoms with Crippen LogP contribution in [0.15, 0.2) is 0 Å². The number of hydrogen-bond donors (Lipinski definition) is 0. The number of carbonyl (C=O) groups is 1. The maximum Gasteiger partial charge on any atom is 0.409 e. The van der Waals surface area contributed by atoms with E-state index in [9.17, 15) is 4.79 Å². The molecule has 0 aromatic rings. The molecule has 1 aliphatic heterocycles. The van der Waals surface area contributed by atoms with Crippen molar-refractivity contribution in [1.82, 2.24) is 9.80 Å². The second kappa shape index (κ2) is 6.09. The number of ether oxygens (including phenoxy) is 1. The molecule has 1 rings (SSSR count). The van der Waals surface area contributed by atoms with Crippen molar-refractivity contribution in [2.24, 2.45) is 0 Å². The molecule has 0 radical (unpaired) electrons. The van der Waals surface area contributed by atoms with Gasteiger partial charge in [0.1, 0.15) is 0 Å². The van der Waals surface area contributed by atoms with Gasteiger partial charge in [-0.15, -0.1) is 0 Å². The van der Waals surface area contributed by atoms with Crippen LogP contribution in [0.25, 0.3) is 0 Å². The van der Waals surface area contributed by atoms with Gasteiger partial charge in [0.25, 0.3) is 0 Å². The third-order valence-electron chi connectivity index (χ3n) is 3.11. The Bertz CT molecular complexity index is 221. The summed E-state index contributed by atoms with van der Waals surface area (Å²) in [6, 6.07) is 0.848. The summed E-state index contributed by atoms with van der Waals surface area (Å²) in [6.07, 6.45) is 0.992. The maximum atomic E-state index is 11.6. The first-order valence-electron chi connectivity index (χ1n) is 6.27. The van der Waals surface area contributed by atoms with Crippen molar-refractivity contribution >= 4 is 6.09 Å². The highest BCUT2D eigenvalue weighted by molar-refractivity contribution is 5.67. The van der Waals surface area contributed by atoms with E-state index in [1.807, 2.05) is 11.8 Å². The van der Waals surface area contributed by atoms with Crippen molar-refractivity contribution in [3.8, 4) is 0 Å². The van der Waals surface area contributed by atoms with E-state index in [1.54, 1.807) is 0 Å². The number of carbonyl (C=O) groups excluding carboxylic acids is 1. The molecule has 1 aliphatic rings. The molecule has 4 nitrogen and oxygen atoms in total. The van der Waals surface area contributed by atoms with Crippen LogP contribution in [0.5, 0.6) is 0 Å². The fraction of sp³-hybridized carbons (Fsp3) is 0.917. The zero-order valence-electron chi connectivity index (χ0n) is 10.9. The first kappa shape index (κ1) is 13.3. The Labute approximate surface area is 98.5 Å². The van der Waals surface area contributed by atoms with Gasteiger partial charge in [0, 0.05) is 25.2 Å². The lowest BCUT2D eigenvalue weighted by molar-refractivity contribution is 0.0291. The highest BCUT2D eigenvalue weighted by Crippen LogP contribution is 2.16. The van der Waals surface area contributed by atoms with Gasteiger partial charge in [0.05, 0.1) is 6.61 Å². The van der Waals surface area contributed by atoms with Crippen molar-refractivity contribution in [2.45, 2.75) is 46.2 Å². The van der Waals surface area contributed by atoms with Gasteiger partial charge in [0.15, 0.2) is 0 Å². The monoisotopic (exact) mass is 228 g/mol. The van der Waals surface area contributed by atoms with E-state index in [0.29, 0.717) is 18.7 Å². The Hall–Kier alpha value is -0.770. The fourth-order valence-corrected chi connectivity index (χ4v) is 2.42. The molecular formula is C12H24N2O2. The van der Waals surface area contributed by atoms with Crippen LogP contribution in [0, 0.1) is 0 Å². The second-order valence-corrected chi connectivity index (χ2v) is 4.54. The molecular weight excluding hydrogens is 204 g/mol. The van der Waals surface area contributed by atoms with Crippen LogP contribution >= 0.6 is 0 Å². The quantitative estimate of drug-likeness (QED) is 0.740. The van der Waals surface area contributed by atoms with E-state index >= 15 is 0 Å². The molecule has 1 heterocycles. The van der Waals surface area contributed by atoms with Crippen molar-refractivity contribution in [1.29, 1.82) is 0 Å². The van der Waals surface area contributed by atoms with Gasteiger partial charge in [0.2, 0.25) is 0 Å². The molecule has 4 heteroatoms. The standard InChI is InChI=1S/C12H24N2O2/c1-5-7-14-10(3)8-13(9-11(14)4)12(15)16-6-2/h10-11H,5-9H2,1-4H3/t10-,11+. The van der Waals surface area contributed by atoms with Crippen LogP contribution in [0.3, 0.4) is 0 Å². The minimum atomic E-state index is -0.169. The van der Waals surface area contributed by atoms with Crippen LogP contribution in [0.4, 0.5) is 4.79 Å². The average molecular weight is 228 g/mol. The molecule has 1 amide bonds. The van der Waals surface area contributed by atoms with Crippen LogP contribution in [-0.2, 0) is 4.74 Å². The van der Waals surface area contributed by atoms with Crippen LogP contribution in [-0.4, -0.2) is 54.2 Å². The Balaban J connectivity index is 2.54. The first-order valence-corrected chi connectivity index (χ1v) is 6.27. The Morgan fingerprint density at radius 3 is 2.25 bits per heavy atom. The molecule has 0 aromatic carbocycles. The zero-order valence-corrected chi connectivity index (χ0v) is 10.9. The summed E-state index contributed by atoms with van der Waals surface area (Å²) < 4.78 is 5.04. The molecule has 0 bridgehead atoms. The lowest BCUT2D eigenvalue weighted by Crippen LogP contribution is -2.58. The minimum absolute atomic E-state index is 0.169. The summed E-state index contributed by atoms with van der Waals surface area (Å²) in [4.78, 5) is 15.9. The molecule has 0 aromatic heterocycles. The van der Waals surface area contributed by atoms with E-state index in [4.69, 9.17) is 4.74 Å². The molecule has 0 aliphatic carbocycles. The normalized spacial score (nSPS) is 26.9. The first-order chi connectivity index (χ1) is 7.60. The number of nitrogens with zero attached hydrogens (tertiary/aromatic N) is 2. The van der Waals surface area contributed by atoms with Crippen molar-refractivity contribution in [3.05, 3.63) is 0 Å². The van der Waals surface area contributed by atoms with Gasteiger partial charge >= 0.3 is 6.09 Å². The Morgan fingerprint density at radius 2 is 1.81 bits per heavy atom. The van der Waals surface area contributed by atoms with Gasteiger partial charge in [-0.3, -0.25) is 4.90 Å². The number of piperazine rings is 1. The number of hydrogen-bond acceptors (Lipinski definition) is 3. The van der Waals surface area contributed by atoms with E-state index in [-0.39, 0.29) is 6.09 Å². The molecule has 94 valence electrons. The summed E-state index contributed by atoms with van der Waals surface area (Å²) in [5.41, 5.74) is 0. The van der Waals surface area contributed by atoms with Gasteiger partial charge in [-0.25, -0.2) is 4.79 Å². The predicted octanol–water partition coefficient (Wildman–Crippen LogP) is 1.95. The Morgan fingerprint density at radius 1 is 1.25 bits per heavy atom. The lowest BCUT2D eigenvalue weighted by atomic mass is 10.1. The molecule has 16 heavy (non-hydrogen) atoms. The van der Waals surface area contributed by atoms with Crippen molar-refractivity contribution in [2.75, 3.05) is 26.2 Å². The average Bonchev–Trinajstić information content (AvgIpc) is 2.23. The third kappa shape index (κ3) is 3.11. The van der Waals surface area contributed by atoms with E-state index in [2.05, 4.69) is 25.7 Å². The summed E-state index contributed by atoms with van der Waals surface area (Å²) in [7, 11) is 0. The van der Waals surface area contributed by atoms with Gasteiger partial charge in [-0.1, -0.05) is 6.92 Å². The molecule has 2 atom stereocenters. The predicted molar refractivity (Wildman–Crippen MR) is 64.5 cm³/mol. The molecule has 1 fully saturated rings. The largest absolute Gasteiger partial charge is 0.450 e. The number of rotatable bonds is 3. The molecule has 0 N–H and O–H groups in total. The third-order valence-corrected chi connectivity index (χ3v) is 3.11. The smallest absolute Gasteiger partial charge is 0.409 e. The van der Waals surface area contributed by atoms with Gasteiger partial charge in [-0.2, -0.15) is 0 Å².